The van der Waals surface area contributed by atoms with Gasteiger partial charge in [0.15, 0.2) is 0 Å². The van der Waals surface area contributed by atoms with Crippen molar-refractivity contribution in [2.24, 2.45) is 0 Å². The average Bonchev–Trinajstić information content (AvgIpc) is 2.32. The first-order valence-electron chi connectivity index (χ1n) is 6.14. The van der Waals surface area contributed by atoms with Crippen molar-refractivity contribution in [2.45, 2.75) is 39.5 Å². The number of halogens is 1. The van der Waals surface area contributed by atoms with Gasteiger partial charge in [-0.2, -0.15) is 0 Å². The second kappa shape index (κ2) is 6.41. The Balaban J connectivity index is 2.90. The zero-order chi connectivity index (χ0) is 13.8. The molecule has 0 heterocycles. The Labute approximate surface area is 122 Å². The van der Waals surface area contributed by atoms with Gasteiger partial charge in [0.2, 0.25) is 0 Å². The standard InChI is InChI=1S/C14H20INO2/c1-5-14(3,4)10-7-8-12(11(15)9-10)16-13(17)18-6-2/h7-9H,5-6H2,1-4H3,(H,16,17). The molecule has 0 aliphatic carbocycles. The minimum absolute atomic E-state index is 0.155. The average molecular weight is 361 g/mol. The Bertz CT molecular complexity index is 430. The van der Waals surface area contributed by atoms with Gasteiger partial charge in [-0.15, -0.1) is 0 Å². The van der Waals surface area contributed by atoms with Crippen molar-refractivity contribution in [2.75, 3.05) is 11.9 Å². The van der Waals surface area contributed by atoms with Crippen LogP contribution in [0.25, 0.3) is 0 Å². The van der Waals surface area contributed by atoms with E-state index in [4.69, 9.17) is 4.74 Å². The summed E-state index contributed by atoms with van der Waals surface area (Å²) in [7, 11) is 0. The third kappa shape index (κ3) is 3.86. The van der Waals surface area contributed by atoms with Gasteiger partial charge >= 0.3 is 6.09 Å². The van der Waals surface area contributed by atoms with Gasteiger partial charge in [-0.25, -0.2) is 4.79 Å². The number of carbonyl (C=O) groups excluding carboxylic acids is 1. The van der Waals surface area contributed by atoms with Crippen LogP contribution in [0, 0.1) is 3.57 Å². The lowest BCUT2D eigenvalue weighted by Crippen LogP contribution is -2.17. The van der Waals surface area contributed by atoms with Crippen LogP contribution in [-0.2, 0) is 10.2 Å². The van der Waals surface area contributed by atoms with Gasteiger partial charge in [0, 0.05) is 3.57 Å². The predicted molar refractivity (Wildman–Crippen MR) is 83.1 cm³/mol. The molecule has 1 N–H and O–H groups in total. The topological polar surface area (TPSA) is 38.3 Å². The summed E-state index contributed by atoms with van der Waals surface area (Å²) < 4.78 is 5.89. The number of carbonyl (C=O) groups is 1. The number of ether oxygens (including phenoxy) is 1. The van der Waals surface area contributed by atoms with Crippen molar-refractivity contribution in [3.63, 3.8) is 0 Å². The highest BCUT2D eigenvalue weighted by Gasteiger charge is 2.19. The van der Waals surface area contributed by atoms with Gasteiger partial charge in [0.25, 0.3) is 0 Å². The lowest BCUT2D eigenvalue weighted by Gasteiger charge is -2.24. The van der Waals surface area contributed by atoms with E-state index in [1.54, 1.807) is 6.92 Å². The highest BCUT2D eigenvalue weighted by atomic mass is 127. The van der Waals surface area contributed by atoms with E-state index in [0.717, 1.165) is 15.7 Å². The number of anilines is 1. The molecular formula is C14H20INO2. The van der Waals surface area contributed by atoms with Crippen molar-refractivity contribution in [3.8, 4) is 0 Å². The van der Waals surface area contributed by atoms with E-state index in [1.807, 2.05) is 6.07 Å². The lowest BCUT2D eigenvalue weighted by atomic mass is 9.82. The highest BCUT2D eigenvalue weighted by molar-refractivity contribution is 14.1. The van der Waals surface area contributed by atoms with Crippen LogP contribution in [0.2, 0.25) is 0 Å². The largest absolute Gasteiger partial charge is 0.450 e. The van der Waals surface area contributed by atoms with E-state index in [0.29, 0.717) is 6.61 Å². The highest BCUT2D eigenvalue weighted by Crippen LogP contribution is 2.30. The molecule has 1 aromatic rings. The van der Waals surface area contributed by atoms with Crippen LogP contribution in [0.1, 0.15) is 39.7 Å². The zero-order valence-corrected chi connectivity index (χ0v) is 13.5. The van der Waals surface area contributed by atoms with E-state index < -0.39 is 6.09 Å². The van der Waals surface area contributed by atoms with Crippen LogP contribution < -0.4 is 5.32 Å². The molecular weight excluding hydrogens is 341 g/mol. The molecule has 0 spiro atoms. The Morgan fingerprint density at radius 2 is 2.06 bits per heavy atom. The third-order valence-electron chi connectivity index (χ3n) is 3.15. The van der Waals surface area contributed by atoms with Crippen LogP contribution >= 0.6 is 22.6 Å². The first kappa shape index (κ1) is 15.3. The van der Waals surface area contributed by atoms with Gasteiger partial charge in [-0.1, -0.05) is 26.8 Å². The number of amides is 1. The monoisotopic (exact) mass is 361 g/mol. The SMILES string of the molecule is CCOC(=O)Nc1ccc(C(C)(C)CC)cc1I. The van der Waals surface area contributed by atoms with Gasteiger partial charge < -0.3 is 4.74 Å². The van der Waals surface area contributed by atoms with Gasteiger partial charge in [0.05, 0.1) is 12.3 Å². The zero-order valence-electron chi connectivity index (χ0n) is 11.3. The number of hydrogen-bond donors (Lipinski definition) is 1. The maximum Gasteiger partial charge on any atom is 0.411 e. The molecule has 0 bridgehead atoms. The molecule has 0 aliphatic heterocycles. The fourth-order valence-electron chi connectivity index (χ4n) is 1.52. The van der Waals surface area contributed by atoms with Gasteiger partial charge in [-0.05, 0) is 59.0 Å². The summed E-state index contributed by atoms with van der Waals surface area (Å²) in [4.78, 5) is 11.4. The summed E-state index contributed by atoms with van der Waals surface area (Å²) in [6.45, 7) is 8.78. The van der Waals surface area contributed by atoms with Crippen LogP contribution in [-0.4, -0.2) is 12.7 Å². The van der Waals surface area contributed by atoms with Crippen molar-refractivity contribution >= 4 is 34.4 Å². The summed E-state index contributed by atoms with van der Waals surface area (Å²) in [5.41, 5.74) is 2.23. The molecule has 0 aliphatic rings. The van der Waals surface area contributed by atoms with E-state index in [-0.39, 0.29) is 5.41 Å². The molecule has 100 valence electrons. The molecule has 0 unspecified atom stereocenters. The molecule has 0 aromatic heterocycles. The summed E-state index contributed by atoms with van der Waals surface area (Å²) >= 11 is 2.23. The Morgan fingerprint density at radius 1 is 1.39 bits per heavy atom. The summed E-state index contributed by atoms with van der Waals surface area (Å²) in [6.07, 6.45) is 0.672. The van der Waals surface area contributed by atoms with Crippen molar-refractivity contribution in [1.82, 2.24) is 0 Å². The molecule has 0 atom stereocenters. The predicted octanol–water partition coefficient (Wildman–Crippen LogP) is 4.55. The lowest BCUT2D eigenvalue weighted by molar-refractivity contribution is 0.168. The molecule has 0 saturated heterocycles. The van der Waals surface area contributed by atoms with Crippen LogP contribution in [0.3, 0.4) is 0 Å². The van der Waals surface area contributed by atoms with Crippen molar-refractivity contribution in [3.05, 3.63) is 27.3 Å². The molecule has 1 aromatic carbocycles. The number of benzene rings is 1. The maximum atomic E-state index is 11.4. The number of rotatable bonds is 4. The molecule has 0 saturated carbocycles. The first-order chi connectivity index (χ1) is 8.40. The molecule has 0 fully saturated rings. The number of nitrogens with one attached hydrogen (secondary N) is 1. The third-order valence-corrected chi connectivity index (χ3v) is 4.04. The Hall–Kier alpha value is -0.780. The molecule has 1 amide bonds. The fourth-order valence-corrected chi connectivity index (χ4v) is 2.17. The normalized spacial score (nSPS) is 11.2. The van der Waals surface area contributed by atoms with Crippen LogP contribution in [0.5, 0.6) is 0 Å². The molecule has 0 radical (unpaired) electrons. The van der Waals surface area contributed by atoms with E-state index in [2.05, 4.69) is 60.8 Å². The van der Waals surface area contributed by atoms with Crippen LogP contribution in [0.15, 0.2) is 18.2 Å². The summed E-state index contributed by atoms with van der Waals surface area (Å²) in [5, 5.41) is 2.74. The minimum atomic E-state index is -0.405. The molecule has 1 rings (SSSR count). The van der Waals surface area contributed by atoms with Crippen molar-refractivity contribution in [1.29, 1.82) is 0 Å². The quantitative estimate of drug-likeness (QED) is 0.800. The van der Waals surface area contributed by atoms with Crippen molar-refractivity contribution < 1.29 is 9.53 Å². The Morgan fingerprint density at radius 3 is 2.56 bits per heavy atom. The van der Waals surface area contributed by atoms with E-state index in [9.17, 15) is 4.79 Å². The number of hydrogen-bond acceptors (Lipinski definition) is 2. The van der Waals surface area contributed by atoms with E-state index >= 15 is 0 Å². The Kier molecular flexibility index (Phi) is 5.44. The second-order valence-corrected chi connectivity index (χ2v) is 5.94. The minimum Gasteiger partial charge on any atom is -0.450 e. The molecule has 4 heteroatoms. The summed E-state index contributed by atoms with van der Waals surface area (Å²) in [6, 6.07) is 6.12. The fraction of sp³-hybridized carbons (Fsp3) is 0.500. The maximum absolute atomic E-state index is 11.4. The smallest absolute Gasteiger partial charge is 0.411 e. The van der Waals surface area contributed by atoms with Gasteiger partial charge in [0.1, 0.15) is 0 Å². The molecule has 18 heavy (non-hydrogen) atoms. The first-order valence-corrected chi connectivity index (χ1v) is 7.22. The van der Waals surface area contributed by atoms with E-state index in [1.165, 1.54) is 5.56 Å². The van der Waals surface area contributed by atoms with Gasteiger partial charge in [-0.3, -0.25) is 5.32 Å². The van der Waals surface area contributed by atoms with Crippen LogP contribution in [0.4, 0.5) is 10.5 Å². The molecule has 3 nitrogen and oxygen atoms in total. The summed E-state index contributed by atoms with van der Waals surface area (Å²) in [5.74, 6) is 0. The second-order valence-electron chi connectivity index (χ2n) is 4.78.